The second kappa shape index (κ2) is 6.47. The van der Waals surface area contributed by atoms with Crippen molar-refractivity contribution in [2.24, 2.45) is 0 Å². The van der Waals surface area contributed by atoms with E-state index in [1.54, 1.807) is 11.1 Å². The number of carbonyl (C=O) groups excluding carboxylic acids is 1. The van der Waals surface area contributed by atoms with Gasteiger partial charge in [-0.2, -0.15) is 0 Å². The number of carboxylic acid groups (broad SMARTS) is 1. The summed E-state index contributed by atoms with van der Waals surface area (Å²) in [5.41, 5.74) is 1.70. The first kappa shape index (κ1) is 14.5. The largest absolute Gasteiger partial charge is 0.481 e. The Morgan fingerprint density at radius 3 is 3.05 bits per heavy atom. The highest BCUT2D eigenvalue weighted by Gasteiger charge is 2.29. The zero-order valence-corrected chi connectivity index (χ0v) is 11.4. The molecular weight excluding hydrogens is 260 g/mol. The number of rotatable bonds is 4. The molecule has 2 heterocycles. The summed E-state index contributed by atoms with van der Waals surface area (Å²) in [5, 5.41) is 8.89. The molecule has 20 heavy (non-hydrogen) atoms. The Morgan fingerprint density at radius 2 is 2.35 bits per heavy atom. The lowest BCUT2D eigenvalue weighted by atomic mass is 10.1. The fourth-order valence-corrected chi connectivity index (χ4v) is 2.30. The zero-order chi connectivity index (χ0) is 14.5. The predicted molar refractivity (Wildman–Crippen MR) is 71.3 cm³/mol. The minimum absolute atomic E-state index is 0.0903. The molecule has 1 aliphatic rings. The van der Waals surface area contributed by atoms with E-state index in [9.17, 15) is 9.59 Å². The highest BCUT2D eigenvalue weighted by Crippen LogP contribution is 2.14. The van der Waals surface area contributed by atoms with Crippen LogP contribution in [-0.2, 0) is 20.7 Å². The van der Waals surface area contributed by atoms with Crippen LogP contribution in [0.3, 0.4) is 0 Å². The van der Waals surface area contributed by atoms with Gasteiger partial charge in [-0.3, -0.25) is 14.6 Å². The van der Waals surface area contributed by atoms with Crippen molar-refractivity contribution in [2.45, 2.75) is 25.8 Å². The summed E-state index contributed by atoms with van der Waals surface area (Å²) in [6.45, 7) is 3.06. The summed E-state index contributed by atoms with van der Waals surface area (Å²) in [7, 11) is 0. The molecule has 108 valence electrons. The Kier molecular flexibility index (Phi) is 4.68. The molecule has 1 aromatic heterocycles. The van der Waals surface area contributed by atoms with E-state index in [4.69, 9.17) is 9.84 Å². The molecular formula is C14H18N2O4. The average molecular weight is 278 g/mol. The van der Waals surface area contributed by atoms with Crippen LogP contribution in [0.15, 0.2) is 18.3 Å². The van der Waals surface area contributed by atoms with Gasteiger partial charge in [-0.25, -0.2) is 0 Å². The number of pyridine rings is 1. The van der Waals surface area contributed by atoms with Gasteiger partial charge in [-0.1, -0.05) is 6.07 Å². The number of nitrogens with zero attached hydrogens (tertiary/aromatic N) is 2. The molecule has 1 aromatic rings. The molecule has 1 fully saturated rings. The number of ether oxygens (including phenoxy) is 1. The van der Waals surface area contributed by atoms with Crippen molar-refractivity contribution in [3.8, 4) is 0 Å². The van der Waals surface area contributed by atoms with Gasteiger partial charge in [0.05, 0.1) is 37.8 Å². The molecule has 0 bridgehead atoms. The van der Waals surface area contributed by atoms with Gasteiger partial charge in [0.25, 0.3) is 0 Å². The van der Waals surface area contributed by atoms with Crippen LogP contribution in [-0.4, -0.2) is 52.7 Å². The summed E-state index contributed by atoms with van der Waals surface area (Å²) in [5.74, 6) is -1.02. The third-order valence-electron chi connectivity index (χ3n) is 3.39. The van der Waals surface area contributed by atoms with Crippen molar-refractivity contribution in [1.82, 2.24) is 9.88 Å². The number of aryl methyl sites for hydroxylation is 1. The van der Waals surface area contributed by atoms with Crippen LogP contribution in [0.1, 0.15) is 17.7 Å². The second-order valence-corrected chi connectivity index (χ2v) is 4.86. The minimum Gasteiger partial charge on any atom is -0.481 e. The molecule has 0 saturated carbocycles. The first-order valence-electron chi connectivity index (χ1n) is 6.57. The molecule has 1 N–H and O–H groups in total. The minimum atomic E-state index is -0.924. The van der Waals surface area contributed by atoms with Gasteiger partial charge in [-0.05, 0) is 18.6 Å². The molecule has 1 unspecified atom stereocenters. The van der Waals surface area contributed by atoms with Gasteiger partial charge in [0.2, 0.25) is 5.91 Å². The normalized spacial score (nSPS) is 18.9. The Hall–Kier alpha value is -1.95. The van der Waals surface area contributed by atoms with Gasteiger partial charge >= 0.3 is 5.97 Å². The second-order valence-electron chi connectivity index (χ2n) is 4.86. The standard InChI is InChI=1S/C14H18N2O4/c1-10-3-2-4-15-12(10)8-13(17)16-5-6-20-9-11(16)7-14(18)19/h2-4,11H,5-9H2,1H3,(H,18,19). The lowest BCUT2D eigenvalue weighted by molar-refractivity contribution is -0.145. The maximum atomic E-state index is 12.3. The van der Waals surface area contributed by atoms with E-state index in [-0.39, 0.29) is 25.4 Å². The molecule has 0 aromatic carbocycles. The zero-order valence-electron chi connectivity index (χ0n) is 11.4. The van der Waals surface area contributed by atoms with Gasteiger partial charge < -0.3 is 14.7 Å². The fraction of sp³-hybridized carbons (Fsp3) is 0.500. The first-order chi connectivity index (χ1) is 9.58. The fourth-order valence-electron chi connectivity index (χ4n) is 2.30. The van der Waals surface area contributed by atoms with Crippen molar-refractivity contribution in [3.63, 3.8) is 0 Å². The topological polar surface area (TPSA) is 79.7 Å². The quantitative estimate of drug-likeness (QED) is 0.874. The third kappa shape index (κ3) is 3.54. The van der Waals surface area contributed by atoms with E-state index < -0.39 is 12.0 Å². The number of amides is 1. The highest BCUT2D eigenvalue weighted by atomic mass is 16.5. The molecule has 1 atom stereocenters. The van der Waals surface area contributed by atoms with E-state index in [1.165, 1.54) is 0 Å². The third-order valence-corrected chi connectivity index (χ3v) is 3.39. The number of carbonyl (C=O) groups is 2. The molecule has 2 rings (SSSR count). The summed E-state index contributed by atoms with van der Waals surface area (Å²) >= 11 is 0. The Labute approximate surface area is 117 Å². The monoisotopic (exact) mass is 278 g/mol. The lowest BCUT2D eigenvalue weighted by Gasteiger charge is -2.34. The molecule has 1 amide bonds. The lowest BCUT2D eigenvalue weighted by Crippen LogP contribution is -2.50. The number of hydrogen-bond acceptors (Lipinski definition) is 4. The molecule has 6 nitrogen and oxygen atoms in total. The Bertz CT molecular complexity index is 504. The van der Waals surface area contributed by atoms with Crippen molar-refractivity contribution in [1.29, 1.82) is 0 Å². The number of carboxylic acids is 1. The van der Waals surface area contributed by atoms with Crippen LogP contribution in [0.25, 0.3) is 0 Å². The summed E-state index contributed by atoms with van der Waals surface area (Å²) < 4.78 is 5.26. The van der Waals surface area contributed by atoms with Crippen molar-refractivity contribution < 1.29 is 19.4 Å². The Morgan fingerprint density at radius 1 is 1.55 bits per heavy atom. The van der Waals surface area contributed by atoms with Crippen LogP contribution in [0.4, 0.5) is 0 Å². The number of hydrogen-bond donors (Lipinski definition) is 1. The van der Waals surface area contributed by atoms with Gasteiger partial charge in [0.15, 0.2) is 0 Å². The summed E-state index contributed by atoms with van der Waals surface area (Å²) in [6.07, 6.45) is 1.76. The first-order valence-corrected chi connectivity index (χ1v) is 6.57. The number of morpholine rings is 1. The number of aliphatic carboxylic acids is 1. The molecule has 0 aliphatic carbocycles. The van der Waals surface area contributed by atoms with E-state index in [1.807, 2.05) is 19.1 Å². The highest BCUT2D eigenvalue weighted by molar-refractivity contribution is 5.80. The number of aromatic nitrogens is 1. The molecule has 1 aliphatic heterocycles. The SMILES string of the molecule is Cc1cccnc1CC(=O)N1CCOCC1CC(=O)O. The van der Waals surface area contributed by atoms with Crippen molar-refractivity contribution >= 4 is 11.9 Å². The van der Waals surface area contributed by atoms with E-state index in [0.717, 1.165) is 11.3 Å². The van der Waals surface area contributed by atoms with Crippen molar-refractivity contribution in [3.05, 3.63) is 29.6 Å². The van der Waals surface area contributed by atoms with Crippen LogP contribution in [0, 0.1) is 6.92 Å². The smallest absolute Gasteiger partial charge is 0.305 e. The van der Waals surface area contributed by atoms with Crippen LogP contribution < -0.4 is 0 Å². The van der Waals surface area contributed by atoms with E-state index in [0.29, 0.717) is 13.2 Å². The summed E-state index contributed by atoms with van der Waals surface area (Å²) in [4.78, 5) is 29.0. The van der Waals surface area contributed by atoms with Gasteiger partial charge in [0, 0.05) is 12.7 Å². The van der Waals surface area contributed by atoms with Crippen LogP contribution in [0.5, 0.6) is 0 Å². The van der Waals surface area contributed by atoms with E-state index in [2.05, 4.69) is 4.98 Å². The molecule has 6 heteroatoms. The average Bonchev–Trinajstić information content (AvgIpc) is 2.41. The molecule has 1 saturated heterocycles. The van der Waals surface area contributed by atoms with Gasteiger partial charge in [0.1, 0.15) is 0 Å². The maximum Gasteiger partial charge on any atom is 0.305 e. The Balaban J connectivity index is 2.06. The van der Waals surface area contributed by atoms with E-state index >= 15 is 0 Å². The maximum absolute atomic E-state index is 12.3. The molecule has 0 radical (unpaired) electrons. The van der Waals surface area contributed by atoms with Crippen LogP contribution in [0.2, 0.25) is 0 Å². The molecule has 0 spiro atoms. The summed E-state index contributed by atoms with van der Waals surface area (Å²) in [6, 6.07) is 3.34. The predicted octanol–water partition coefficient (Wildman–Crippen LogP) is 0.635. The van der Waals surface area contributed by atoms with Crippen molar-refractivity contribution in [2.75, 3.05) is 19.8 Å². The van der Waals surface area contributed by atoms with Crippen LogP contribution >= 0.6 is 0 Å². The van der Waals surface area contributed by atoms with Gasteiger partial charge in [-0.15, -0.1) is 0 Å².